The Labute approximate surface area is 126 Å². The highest BCUT2D eigenvalue weighted by Crippen LogP contribution is 2.24. The Morgan fingerprint density at radius 3 is 3.00 bits per heavy atom. The van der Waals surface area contributed by atoms with E-state index >= 15 is 0 Å². The van der Waals surface area contributed by atoms with E-state index < -0.39 is 0 Å². The van der Waals surface area contributed by atoms with Gasteiger partial charge in [0.05, 0.1) is 5.52 Å². The van der Waals surface area contributed by atoms with Gasteiger partial charge in [-0.3, -0.25) is 4.98 Å². The minimum absolute atomic E-state index is 0.114. The van der Waals surface area contributed by atoms with E-state index in [9.17, 15) is 0 Å². The molecule has 0 aliphatic carbocycles. The Morgan fingerprint density at radius 2 is 2.14 bits per heavy atom. The van der Waals surface area contributed by atoms with Crippen LogP contribution in [0.5, 0.6) is 5.75 Å². The van der Waals surface area contributed by atoms with Gasteiger partial charge in [-0.1, -0.05) is 6.07 Å². The molecule has 1 atom stereocenters. The summed E-state index contributed by atoms with van der Waals surface area (Å²) in [5.74, 6) is 0.893. The number of hydrogen-bond acceptors (Lipinski definition) is 4. The van der Waals surface area contributed by atoms with Crippen LogP contribution in [0, 0.1) is 0 Å². The van der Waals surface area contributed by atoms with Crippen LogP contribution in [0.1, 0.15) is 20.3 Å². The summed E-state index contributed by atoms with van der Waals surface area (Å²) in [5, 5.41) is 4.45. The molecule has 4 heteroatoms. The van der Waals surface area contributed by atoms with Crippen molar-refractivity contribution in [3.8, 4) is 5.75 Å². The zero-order chi connectivity index (χ0) is 14.9. The zero-order valence-electron chi connectivity index (χ0n) is 12.8. The molecular formula is C17H24N2O2. The van der Waals surface area contributed by atoms with E-state index in [1.165, 1.54) is 0 Å². The number of nitrogens with zero attached hydrogens (tertiary/aromatic N) is 1. The lowest BCUT2D eigenvalue weighted by Crippen LogP contribution is -2.30. The molecule has 2 rings (SSSR count). The first-order chi connectivity index (χ1) is 10.3. The van der Waals surface area contributed by atoms with Gasteiger partial charge < -0.3 is 14.8 Å². The van der Waals surface area contributed by atoms with Gasteiger partial charge in [0.1, 0.15) is 11.9 Å². The van der Waals surface area contributed by atoms with Crippen molar-refractivity contribution in [1.82, 2.24) is 10.3 Å². The Kier molecular flexibility index (Phi) is 6.44. The lowest BCUT2D eigenvalue weighted by atomic mass is 10.2. The summed E-state index contributed by atoms with van der Waals surface area (Å²) in [6.45, 7) is 7.46. The quantitative estimate of drug-likeness (QED) is 0.720. The molecule has 0 aliphatic rings. The molecule has 1 heterocycles. The van der Waals surface area contributed by atoms with E-state index in [2.05, 4.69) is 17.2 Å². The fourth-order valence-electron chi connectivity index (χ4n) is 2.19. The van der Waals surface area contributed by atoms with Crippen LogP contribution in [0.25, 0.3) is 10.9 Å². The Bertz CT molecular complexity index is 540. The van der Waals surface area contributed by atoms with Crippen LogP contribution in [0.2, 0.25) is 0 Å². The van der Waals surface area contributed by atoms with E-state index in [0.29, 0.717) is 0 Å². The molecule has 0 saturated heterocycles. The minimum Gasteiger partial charge on any atom is -0.489 e. The molecule has 21 heavy (non-hydrogen) atoms. The summed E-state index contributed by atoms with van der Waals surface area (Å²) in [7, 11) is 0. The Hall–Kier alpha value is -1.65. The standard InChI is InChI=1S/C17H24N2O2/c1-3-20-12-6-10-18-13-14(2)21-17-9-4-8-16-15(17)7-5-11-19-16/h4-5,7-9,11,14,18H,3,6,10,12-13H2,1-2H3. The van der Waals surface area contributed by atoms with Crippen molar-refractivity contribution in [3.63, 3.8) is 0 Å². The largest absolute Gasteiger partial charge is 0.489 e. The van der Waals surface area contributed by atoms with Crippen LogP contribution < -0.4 is 10.1 Å². The number of aromatic nitrogens is 1. The van der Waals surface area contributed by atoms with Crippen LogP contribution in [0.15, 0.2) is 36.5 Å². The highest BCUT2D eigenvalue weighted by Gasteiger charge is 2.07. The number of hydrogen-bond donors (Lipinski definition) is 1. The molecule has 0 spiro atoms. The SMILES string of the molecule is CCOCCCNCC(C)Oc1cccc2ncccc12. The summed E-state index contributed by atoms with van der Waals surface area (Å²) in [6, 6.07) is 9.95. The number of nitrogens with one attached hydrogen (secondary N) is 1. The molecule has 2 aromatic rings. The smallest absolute Gasteiger partial charge is 0.129 e. The van der Waals surface area contributed by atoms with Crippen LogP contribution in [0.4, 0.5) is 0 Å². The van der Waals surface area contributed by atoms with Gasteiger partial charge in [-0.05, 0) is 51.1 Å². The van der Waals surface area contributed by atoms with Crippen molar-refractivity contribution in [2.24, 2.45) is 0 Å². The monoisotopic (exact) mass is 288 g/mol. The molecular weight excluding hydrogens is 264 g/mol. The summed E-state index contributed by atoms with van der Waals surface area (Å²) in [6.07, 6.45) is 2.94. The first-order valence-corrected chi connectivity index (χ1v) is 7.60. The molecule has 0 aliphatic heterocycles. The molecule has 4 nitrogen and oxygen atoms in total. The van der Waals surface area contributed by atoms with Gasteiger partial charge >= 0.3 is 0 Å². The predicted molar refractivity (Wildman–Crippen MR) is 85.8 cm³/mol. The molecule has 1 N–H and O–H groups in total. The molecule has 0 amide bonds. The number of ether oxygens (including phenoxy) is 2. The molecule has 0 bridgehead atoms. The van der Waals surface area contributed by atoms with Gasteiger partial charge in [-0.15, -0.1) is 0 Å². The van der Waals surface area contributed by atoms with Crippen molar-refractivity contribution in [3.05, 3.63) is 36.5 Å². The zero-order valence-corrected chi connectivity index (χ0v) is 12.8. The molecule has 1 unspecified atom stereocenters. The topological polar surface area (TPSA) is 43.4 Å². The first-order valence-electron chi connectivity index (χ1n) is 7.60. The van der Waals surface area contributed by atoms with E-state index in [-0.39, 0.29) is 6.10 Å². The third-order valence-corrected chi connectivity index (χ3v) is 3.21. The Balaban J connectivity index is 1.80. The summed E-state index contributed by atoms with van der Waals surface area (Å²) < 4.78 is 11.3. The van der Waals surface area contributed by atoms with Gasteiger partial charge in [0.2, 0.25) is 0 Å². The first kappa shape index (κ1) is 15.7. The average Bonchev–Trinajstić information content (AvgIpc) is 2.51. The van der Waals surface area contributed by atoms with Gasteiger partial charge in [-0.25, -0.2) is 0 Å². The fourth-order valence-corrected chi connectivity index (χ4v) is 2.19. The van der Waals surface area contributed by atoms with E-state index in [0.717, 1.165) is 49.4 Å². The maximum absolute atomic E-state index is 6.02. The summed E-state index contributed by atoms with van der Waals surface area (Å²) >= 11 is 0. The normalized spacial score (nSPS) is 12.5. The fraction of sp³-hybridized carbons (Fsp3) is 0.471. The Morgan fingerprint density at radius 1 is 1.24 bits per heavy atom. The highest BCUT2D eigenvalue weighted by atomic mass is 16.5. The summed E-state index contributed by atoms with van der Waals surface area (Å²) in [4.78, 5) is 4.34. The predicted octanol–water partition coefficient (Wildman–Crippen LogP) is 3.02. The van der Waals surface area contributed by atoms with Crippen LogP contribution in [-0.4, -0.2) is 37.4 Å². The van der Waals surface area contributed by atoms with Gasteiger partial charge in [0.25, 0.3) is 0 Å². The third kappa shape index (κ3) is 4.99. The van der Waals surface area contributed by atoms with E-state index in [1.807, 2.05) is 37.3 Å². The van der Waals surface area contributed by atoms with E-state index in [4.69, 9.17) is 9.47 Å². The second kappa shape index (κ2) is 8.60. The van der Waals surface area contributed by atoms with Gasteiger partial charge in [0.15, 0.2) is 0 Å². The maximum atomic E-state index is 6.02. The minimum atomic E-state index is 0.114. The van der Waals surface area contributed by atoms with Gasteiger partial charge in [-0.2, -0.15) is 0 Å². The molecule has 0 fully saturated rings. The number of fused-ring (bicyclic) bond motifs is 1. The lowest BCUT2D eigenvalue weighted by molar-refractivity contribution is 0.143. The van der Waals surface area contributed by atoms with E-state index in [1.54, 1.807) is 6.20 Å². The van der Waals surface area contributed by atoms with Crippen molar-refractivity contribution in [1.29, 1.82) is 0 Å². The van der Waals surface area contributed by atoms with Crippen molar-refractivity contribution in [2.75, 3.05) is 26.3 Å². The van der Waals surface area contributed by atoms with Crippen LogP contribution in [-0.2, 0) is 4.74 Å². The maximum Gasteiger partial charge on any atom is 0.129 e. The second-order valence-electron chi connectivity index (χ2n) is 5.01. The van der Waals surface area contributed by atoms with Crippen molar-refractivity contribution in [2.45, 2.75) is 26.4 Å². The van der Waals surface area contributed by atoms with Crippen LogP contribution >= 0.6 is 0 Å². The molecule has 0 saturated carbocycles. The molecule has 1 aromatic heterocycles. The lowest BCUT2D eigenvalue weighted by Gasteiger charge is -2.16. The molecule has 0 radical (unpaired) electrons. The number of rotatable bonds is 9. The average molecular weight is 288 g/mol. The summed E-state index contributed by atoms with van der Waals surface area (Å²) in [5.41, 5.74) is 0.965. The third-order valence-electron chi connectivity index (χ3n) is 3.21. The van der Waals surface area contributed by atoms with Crippen LogP contribution in [0.3, 0.4) is 0 Å². The molecule has 114 valence electrons. The van der Waals surface area contributed by atoms with Gasteiger partial charge in [0, 0.05) is 31.3 Å². The molecule has 1 aromatic carbocycles. The number of benzene rings is 1. The number of pyridine rings is 1. The second-order valence-corrected chi connectivity index (χ2v) is 5.01. The van der Waals surface area contributed by atoms with Crippen molar-refractivity contribution < 1.29 is 9.47 Å². The van der Waals surface area contributed by atoms with Crippen molar-refractivity contribution >= 4 is 10.9 Å². The highest BCUT2D eigenvalue weighted by molar-refractivity contribution is 5.84.